The number of hydrogen-bond acceptors (Lipinski definition) is 1. The lowest BCUT2D eigenvalue weighted by Gasteiger charge is -2.68. The summed E-state index contributed by atoms with van der Waals surface area (Å²) < 4.78 is 0. The molecule has 3 aliphatic rings. The Balaban J connectivity index is 2.02. The average molecular weight is 258 g/mol. The first-order chi connectivity index (χ1) is 8.79. The first-order valence-corrected chi connectivity index (χ1v) is 7.57. The third-order valence-corrected chi connectivity index (χ3v) is 5.95. The molecule has 0 amide bonds. The van der Waals surface area contributed by atoms with Crippen LogP contribution < -0.4 is 0 Å². The van der Waals surface area contributed by atoms with E-state index in [1.54, 1.807) is 0 Å². The molecule has 19 heavy (non-hydrogen) atoms. The Morgan fingerprint density at radius 2 is 1.79 bits per heavy atom. The summed E-state index contributed by atoms with van der Waals surface area (Å²) in [6.45, 7) is 9.24. The van der Waals surface area contributed by atoms with Crippen LogP contribution in [0.4, 0.5) is 0 Å². The van der Waals surface area contributed by atoms with Crippen molar-refractivity contribution in [2.75, 3.05) is 0 Å². The molecule has 0 aliphatic heterocycles. The third-order valence-electron chi connectivity index (χ3n) is 5.95. The molecule has 3 aliphatic carbocycles. The van der Waals surface area contributed by atoms with E-state index in [9.17, 15) is 5.11 Å². The average Bonchev–Trinajstić information content (AvgIpc) is 2.37. The van der Waals surface area contributed by atoms with Gasteiger partial charge in [0.1, 0.15) is 0 Å². The van der Waals surface area contributed by atoms with E-state index in [0.717, 1.165) is 12.0 Å². The van der Waals surface area contributed by atoms with E-state index in [2.05, 4.69) is 52.0 Å². The van der Waals surface area contributed by atoms with Crippen molar-refractivity contribution in [2.24, 2.45) is 22.7 Å². The largest absolute Gasteiger partial charge is 0.384 e. The maximum Gasteiger partial charge on any atom is 0.0980 e. The molecule has 4 rings (SSSR count). The summed E-state index contributed by atoms with van der Waals surface area (Å²) in [7, 11) is 0. The van der Waals surface area contributed by atoms with Gasteiger partial charge in [-0.15, -0.1) is 0 Å². The highest BCUT2D eigenvalue weighted by Gasteiger charge is 2.68. The predicted molar refractivity (Wildman–Crippen MR) is 78.7 cm³/mol. The lowest BCUT2D eigenvalue weighted by molar-refractivity contribution is -0.277. The van der Waals surface area contributed by atoms with Crippen LogP contribution in [-0.4, -0.2) is 5.11 Å². The van der Waals surface area contributed by atoms with Gasteiger partial charge in [0.25, 0.3) is 0 Å². The summed E-state index contributed by atoms with van der Waals surface area (Å²) in [5.41, 5.74) is 0.892. The Labute approximate surface area is 117 Å². The van der Waals surface area contributed by atoms with Crippen molar-refractivity contribution in [1.29, 1.82) is 0 Å². The van der Waals surface area contributed by atoms with Crippen molar-refractivity contribution >= 4 is 0 Å². The van der Waals surface area contributed by atoms with Crippen LogP contribution in [0.1, 0.15) is 52.5 Å². The topological polar surface area (TPSA) is 20.2 Å². The number of fused-ring (bicyclic) bond motifs is 2. The molecule has 0 radical (unpaired) electrons. The van der Waals surface area contributed by atoms with Crippen LogP contribution in [-0.2, 0) is 5.60 Å². The molecule has 0 aromatic heterocycles. The van der Waals surface area contributed by atoms with E-state index in [1.807, 2.05) is 6.07 Å². The molecule has 1 N–H and O–H groups in total. The number of hydrogen-bond donors (Lipinski definition) is 1. The molecule has 3 fully saturated rings. The van der Waals surface area contributed by atoms with Gasteiger partial charge in [-0.1, -0.05) is 58.0 Å². The zero-order chi connectivity index (χ0) is 13.9. The minimum absolute atomic E-state index is 0.0841. The van der Waals surface area contributed by atoms with E-state index in [0.29, 0.717) is 11.8 Å². The molecule has 1 heteroatoms. The Kier molecular flexibility index (Phi) is 2.67. The fourth-order valence-corrected chi connectivity index (χ4v) is 4.80. The maximum atomic E-state index is 11.5. The van der Waals surface area contributed by atoms with Crippen molar-refractivity contribution in [3.05, 3.63) is 35.9 Å². The molecule has 1 aromatic carbocycles. The number of aliphatic hydroxyl groups is 1. The van der Waals surface area contributed by atoms with Crippen LogP contribution in [0.5, 0.6) is 0 Å². The molecule has 0 spiro atoms. The number of rotatable bonds is 1. The predicted octanol–water partition coefficient (Wildman–Crippen LogP) is 4.36. The van der Waals surface area contributed by atoms with Gasteiger partial charge in [0.2, 0.25) is 0 Å². The highest BCUT2D eigenvalue weighted by molar-refractivity contribution is 5.33. The van der Waals surface area contributed by atoms with Gasteiger partial charge in [-0.05, 0) is 42.1 Å². The molecule has 104 valence electrons. The lowest BCUT2D eigenvalue weighted by atomic mass is 9.38. The van der Waals surface area contributed by atoms with Gasteiger partial charge in [0.05, 0.1) is 5.60 Å². The van der Waals surface area contributed by atoms with E-state index >= 15 is 0 Å². The second-order valence-corrected chi connectivity index (χ2v) is 8.01. The summed E-state index contributed by atoms with van der Waals surface area (Å²) in [4.78, 5) is 0. The van der Waals surface area contributed by atoms with Crippen LogP contribution in [0, 0.1) is 22.7 Å². The fourth-order valence-electron chi connectivity index (χ4n) is 4.80. The molecule has 4 atom stereocenters. The van der Waals surface area contributed by atoms with Gasteiger partial charge in [0, 0.05) is 5.41 Å². The second-order valence-electron chi connectivity index (χ2n) is 8.01. The van der Waals surface area contributed by atoms with Crippen molar-refractivity contribution < 1.29 is 5.11 Å². The molecule has 1 aromatic rings. The molecule has 0 heterocycles. The van der Waals surface area contributed by atoms with Crippen LogP contribution in [0.2, 0.25) is 0 Å². The molecular formula is C18H26O. The third kappa shape index (κ3) is 1.64. The van der Waals surface area contributed by atoms with Crippen molar-refractivity contribution in [3.8, 4) is 0 Å². The Bertz CT molecular complexity index is 468. The van der Waals surface area contributed by atoms with Crippen LogP contribution >= 0.6 is 0 Å². The van der Waals surface area contributed by atoms with Gasteiger partial charge in [0.15, 0.2) is 0 Å². The van der Waals surface area contributed by atoms with Gasteiger partial charge in [-0.25, -0.2) is 0 Å². The summed E-state index contributed by atoms with van der Waals surface area (Å²) >= 11 is 0. The quantitative estimate of drug-likeness (QED) is 0.793. The Hall–Kier alpha value is -0.820. The first kappa shape index (κ1) is 13.2. The zero-order valence-corrected chi connectivity index (χ0v) is 12.6. The highest BCUT2D eigenvalue weighted by Crippen LogP contribution is 2.70. The summed E-state index contributed by atoms with van der Waals surface area (Å²) in [6.07, 6.45) is 3.59. The fraction of sp³-hybridized carbons (Fsp3) is 0.667. The molecule has 2 bridgehead atoms. The summed E-state index contributed by atoms with van der Waals surface area (Å²) in [6, 6.07) is 10.4. The van der Waals surface area contributed by atoms with Gasteiger partial charge >= 0.3 is 0 Å². The number of benzene rings is 1. The van der Waals surface area contributed by atoms with Crippen LogP contribution in [0.25, 0.3) is 0 Å². The van der Waals surface area contributed by atoms with Crippen molar-refractivity contribution in [1.82, 2.24) is 0 Å². The Morgan fingerprint density at radius 1 is 1.16 bits per heavy atom. The molecule has 0 unspecified atom stereocenters. The summed E-state index contributed by atoms with van der Waals surface area (Å²) in [5.74, 6) is 1.05. The first-order valence-electron chi connectivity index (χ1n) is 7.57. The molecule has 3 saturated carbocycles. The summed E-state index contributed by atoms with van der Waals surface area (Å²) in [5, 5.41) is 11.5. The monoisotopic (exact) mass is 258 g/mol. The minimum Gasteiger partial charge on any atom is -0.384 e. The van der Waals surface area contributed by atoms with E-state index in [4.69, 9.17) is 0 Å². The molecule has 1 nitrogen and oxygen atoms in total. The van der Waals surface area contributed by atoms with Crippen molar-refractivity contribution in [2.45, 2.75) is 52.6 Å². The van der Waals surface area contributed by atoms with Gasteiger partial charge < -0.3 is 5.11 Å². The highest BCUT2D eigenvalue weighted by atomic mass is 16.3. The maximum absolute atomic E-state index is 11.5. The second kappa shape index (κ2) is 3.85. The van der Waals surface area contributed by atoms with Crippen LogP contribution in [0.15, 0.2) is 30.3 Å². The lowest BCUT2D eigenvalue weighted by Crippen LogP contribution is -2.67. The SMILES string of the molecule is CC(C)(C)[C@@H]1CC[C@@]2(C)C[C@@H]1[C@@]2(O)c1ccccc1. The van der Waals surface area contributed by atoms with E-state index in [-0.39, 0.29) is 10.8 Å². The van der Waals surface area contributed by atoms with Gasteiger partial charge in [-0.2, -0.15) is 0 Å². The minimum atomic E-state index is -0.607. The van der Waals surface area contributed by atoms with E-state index in [1.165, 1.54) is 12.8 Å². The smallest absolute Gasteiger partial charge is 0.0980 e. The normalized spacial score (nSPS) is 41.7. The molecular weight excluding hydrogens is 232 g/mol. The standard InChI is InChI=1S/C18H26O/c1-16(2,3)14-10-11-17(4)12-15(14)18(17,19)13-8-6-5-7-9-13/h5-9,14-15,19H,10-12H2,1-4H3/t14-,15+,17+,18+/m1/s1. The zero-order valence-electron chi connectivity index (χ0n) is 12.6. The molecule has 0 saturated heterocycles. The van der Waals surface area contributed by atoms with Gasteiger partial charge in [-0.3, -0.25) is 0 Å². The Morgan fingerprint density at radius 3 is 2.32 bits per heavy atom. The van der Waals surface area contributed by atoms with E-state index < -0.39 is 5.60 Å². The van der Waals surface area contributed by atoms with Crippen molar-refractivity contribution in [3.63, 3.8) is 0 Å². The van der Waals surface area contributed by atoms with Crippen LogP contribution in [0.3, 0.4) is 0 Å².